The van der Waals surface area contributed by atoms with Crippen molar-refractivity contribution in [2.45, 2.75) is 37.2 Å². The van der Waals surface area contributed by atoms with Gasteiger partial charge in [-0.1, -0.05) is 67.2 Å². The fourth-order valence-electron chi connectivity index (χ4n) is 5.06. The van der Waals surface area contributed by atoms with E-state index in [9.17, 15) is 14.7 Å². The second-order valence-electron chi connectivity index (χ2n) is 9.75. The van der Waals surface area contributed by atoms with Crippen LogP contribution >= 0.6 is 11.8 Å². The summed E-state index contributed by atoms with van der Waals surface area (Å²) in [5.41, 5.74) is 3.74. The van der Waals surface area contributed by atoms with Gasteiger partial charge in [0.25, 0.3) is 11.8 Å². The maximum atomic E-state index is 13.1. The van der Waals surface area contributed by atoms with Crippen LogP contribution < -0.4 is 4.90 Å². The third-order valence-electron chi connectivity index (χ3n) is 7.24. The quantitative estimate of drug-likeness (QED) is 0.186. The van der Waals surface area contributed by atoms with E-state index in [4.69, 9.17) is 9.47 Å². The molecule has 2 aliphatic rings. The van der Waals surface area contributed by atoms with E-state index in [1.807, 2.05) is 30.3 Å². The standard InChI is InChI=1S/C31H27N3O5S/c1-19-26(18-40-31-32-14-5-15-33-31)38-30(39-27(19)21-12-10-20(17-35)11-13-21)22-6-4-7-23(16-22)34-28(36)24-8-2-3-9-25(24)29(34)37/h2-16,19,26-27,30,35H,17-18H2,1H3/t19-,26+,27+,30+/m0/s1. The molecule has 0 spiro atoms. The molecule has 1 aromatic heterocycles. The Kier molecular flexibility index (Phi) is 7.44. The number of imide groups is 1. The molecule has 2 aliphatic heterocycles. The second kappa shape index (κ2) is 11.3. The highest BCUT2D eigenvalue weighted by atomic mass is 32.2. The molecule has 0 bridgehead atoms. The highest BCUT2D eigenvalue weighted by Crippen LogP contribution is 2.43. The Morgan fingerprint density at radius 2 is 1.55 bits per heavy atom. The number of hydrogen-bond acceptors (Lipinski definition) is 8. The molecule has 0 saturated carbocycles. The van der Waals surface area contributed by atoms with Crippen molar-refractivity contribution in [3.05, 3.63) is 119 Å². The lowest BCUT2D eigenvalue weighted by Gasteiger charge is -2.41. The van der Waals surface area contributed by atoms with Crippen molar-refractivity contribution in [3.8, 4) is 0 Å². The van der Waals surface area contributed by atoms with E-state index >= 15 is 0 Å². The van der Waals surface area contributed by atoms with Gasteiger partial charge in [-0.2, -0.15) is 0 Å². The molecule has 0 unspecified atom stereocenters. The Morgan fingerprint density at radius 3 is 2.23 bits per heavy atom. The third-order valence-corrected chi connectivity index (χ3v) is 8.20. The predicted octanol–water partition coefficient (Wildman–Crippen LogP) is 5.35. The molecule has 9 heteroatoms. The van der Waals surface area contributed by atoms with E-state index in [-0.39, 0.29) is 36.5 Å². The molecule has 40 heavy (non-hydrogen) atoms. The zero-order valence-corrected chi connectivity index (χ0v) is 22.5. The van der Waals surface area contributed by atoms with Crippen molar-refractivity contribution in [2.75, 3.05) is 10.7 Å². The van der Waals surface area contributed by atoms with Gasteiger partial charge in [0.15, 0.2) is 11.4 Å². The third kappa shape index (κ3) is 5.04. The molecule has 8 nitrogen and oxygen atoms in total. The summed E-state index contributed by atoms with van der Waals surface area (Å²) in [6.45, 7) is 2.06. The molecule has 0 radical (unpaired) electrons. The molecule has 202 valence electrons. The second-order valence-corrected chi connectivity index (χ2v) is 10.7. The number of amides is 2. The first-order chi connectivity index (χ1) is 19.5. The minimum atomic E-state index is -0.740. The van der Waals surface area contributed by atoms with Crippen LogP contribution in [0.3, 0.4) is 0 Å². The number of carbonyl (C=O) groups excluding carboxylic acids is 2. The number of hydrogen-bond donors (Lipinski definition) is 1. The van der Waals surface area contributed by atoms with Gasteiger partial charge in [0.2, 0.25) is 0 Å². The van der Waals surface area contributed by atoms with E-state index in [1.165, 1.54) is 16.7 Å². The van der Waals surface area contributed by atoms with Gasteiger partial charge in [-0.15, -0.1) is 0 Å². The van der Waals surface area contributed by atoms with Crippen LogP contribution in [-0.2, 0) is 16.1 Å². The monoisotopic (exact) mass is 553 g/mol. The number of carbonyl (C=O) groups is 2. The first-order valence-electron chi connectivity index (χ1n) is 13.0. The topological polar surface area (TPSA) is 102 Å². The minimum Gasteiger partial charge on any atom is -0.392 e. The number of fused-ring (bicyclic) bond motifs is 1. The summed E-state index contributed by atoms with van der Waals surface area (Å²) >= 11 is 1.51. The number of aliphatic hydroxyl groups excluding tert-OH is 1. The molecule has 0 aliphatic carbocycles. The summed E-state index contributed by atoms with van der Waals surface area (Å²) < 4.78 is 13.1. The Labute approximate surface area is 236 Å². The van der Waals surface area contributed by atoms with Gasteiger partial charge in [-0.25, -0.2) is 14.9 Å². The largest absolute Gasteiger partial charge is 0.392 e. The van der Waals surface area contributed by atoms with Gasteiger partial charge in [0, 0.05) is 29.6 Å². The summed E-state index contributed by atoms with van der Waals surface area (Å²) in [5, 5.41) is 10.2. The van der Waals surface area contributed by atoms with Gasteiger partial charge in [0.1, 0.15) is 0 Å². The van der Waals surface area contributed by atoms with E-state index in [0.717, 1.165) is 11.1 Å². The van der Waals surface area contributed by atoms with Crippen molar-refractivity contribution >= 4 is 29.3 Å². The van der Waals surface area contributed by atoms with Crippen LogP contribution in [0.25, 0.3) is 0 Å². The van der Waals surface area contributed by atoms with Gasteiger partial charge >= 0.3 is 0 Å². The highest BCUT2D eigenvalue weighted by Gasteiger charge is 2.40. The molecule has 3 aromatic carbocycles. The van der Waals surface area contributed by atoms with Crippen LogP contribution in [0.2, 0.25) is 0 Å². The van der Waals surface area contributed by atoms with E-state index in [2.05, 4.69) is 16.9 Å². The zero-order valence-electron chi connectivity index (χ0n) is 21.7. The first-order valence-corrected chi connectivity index (χ1v) is 14.0. The first kappa shape index (κ1) is 26.3. The fourth-order valence-corrected chi connectivity index (χ4v) is 6.03. The normalized spacial score (nSPS) is 22.4. The number of benzene rings is 3. The molecule has 4 atom stereocenters. The number of aromatic nitrogens is 2. The lowest BCUT2D eigenvalue weighted by atomic mass is 9.91. The number of anilines is 1. The molecule has 1 saturated heterocycles. The summed E-state index contributed by atoms with van der Waals surface area (Å²) in [4.78, 5) is 36.1. The van der Waals surface area contributed by atoms with Crippen molar-refractivity contribution in [2.24, 2.45) is 5.92 Å². The Morgan fingerprint density at radius 1 is 0.850 bits per heavy atom. The molecule has 1 fully saturated rings. The van der Waals surface area contributed by atoms with Crippen LogP contribution in [0.5, 0.6) is 0 Å². The number of rotatable bonds is 7. The Bertz CT molecular complexity index is 1500. The van der Waals surface area contributed by atoms with Crippen LogP contribution in [0.15, 0.2) is 96.4 Å². The fraction of sp³-hybridized carbons (Fsp3) is 0.226. The average Bonchev–Trinajstić information content (AvgIpc) is 3.26. The van der Waals surface area contributed by atoms with Crippen molar-refractivity contribution in [1.29, 1.82) is 0 Å². The number of nitrogens with zero attached hydrogens (tertiary/aromatic N) is 3. The van der Waals surface area contributed by atoms with Crippen LogP contribution in [0.4, 0.5) is 5.69 Å². The average molecular weight is 554 g/mol. The Balaban J connectivity index is 1.30. The summed E-state index contributed by atoms with van der Waals surface area (Å²) in [6, 6.07) is 23.5. The van der Waals surface area contributed by atoms with Crippen molar-refractivity contribution < 1.29 is 24.2 Å². The lowest BCUT2D eigenvalue weighted by molar-refractivity contribution is -0.268. The Hall–Kier alpha value is -3.89. The number of thioether (sulfide) groups is 1. The SMILES string of the molecule is C[C@H]1[C@@H](CSc2ncccn2)O[C@@H](c2cccc(N3C(=O)c4ccccc4C3=O)c2)O[C@H]1c1ccc(CO)cc1. The highest BCUT2D eigenvalue weighted by molar-refractivity contribution is 7.99. The van der Waals surface area contributed by atoms with Gasteiger partial charge < -0.3 is 14.6 Å². The summed E-state index contributed by atoms with van der Waals surface area (Å²) in [7, 11) is 0. The molecule has 6 rings (SSSR count). The minimum absolute atomic E-state index is 0.00754. The smallest absolute Gasteiger partial charge is 0.266 e. The van der Waals surface area contributed by atoms with Gasteiger partial charge in [-0.05, 0) is 41.5 Å². The zero-order chi connectivity index (χ0) is 27.6. The van der Waals surface area contributed by atoms with E-state index in [1.54, 1.807) is 60.9 Å². The van der Waals surface area contributed by atoms with E-state index in [0.29, 0.717) is 33.3 Å². The van der Waals surface area contributed by atoms with Gasteiger partial charge in [-0.3, -0.25) is 9.59 Å². The number of aliphatic hydroxyl groups is 1. The predicted molar refractivity (Wildman–Crippen MR) is 150 cm³/mol. The lowest BCUT2D eigenvalue weighted by Crippen LogP contribution is -2.38. The molecular formula is C31H27N3O5S. The summed E-state index contributed by atoms with van der Waals surface area (Å²) in [5.74, 6) is -0.104. The van der Waals surface area contributed by atoms with Crippen LogP contribution in [0.1, 0.15) is 56.7 Å². The number of ether oxygens (including phenoxy) is 2. The van der Waals surface area contributed by atoms with E-state index < -0.39 is 6.29 Å². The van der Waals surface area contributed by atoms with Crippen molar-refractivity contribution in [3.63, 3.8) is 0 Å². The maximum Gasteiger partial charge on any atom is 0.266 e. The molecular weight excluding hydrogens is 526 g/mol. The van der Waals surface area contributed by atoms with Crippen LogP contribution in [-0.4, -0.2) is 38.7 Å². The van der Waals surface area contributed by atoms with Crippen LogP contribution in [0, 0.1) is 5.92 Å². The summed E-state index contributed by atoms with van der Waals surface area (Å²) in [6.07, 6.45) is 2.18. The molecule has 2 amide bonds. The molecule has 3 heterocycles. The molecule has 4 aromatic rings. The van der Waals surface area contributed by atoms with Gasteiger partial charge in [0.05, 0.1) is 35.6 Å². The molecule has 1 N–H and O–H groups in total. The van der Waals surface area contributed by atoms with Crippen molar-refractivity contribution in [1.82, 2.24) is 9.97 Å². The maximum absolute atomic E-state index is 13.1.